The maximum atomic E-state index is 10.3. The lowest BCUT2D eigenvalue weighted by Gasteiger charge is -2.38. The van der Waals surface area contributed by atoms with Crippen LogP contribution in [-0.2, 0) is 4.79 Å². The maximum absolute atomic E-state index is 10.3. The molecule has 0 aromatic rings. The average Bonchev–Trinajstić information content (AvgIpc) is 1.79. The molecule has 1 aliphatic rings. The number of carboxylic acids is 1. The van der Waals surface area contributed by atoms with E-state index in [9.17, 15) is 4.79 Å². The second-order valence-corrected chi connectivity index (χ2v) is 2.62. The van der Waals surface area contributed by atoms with Gasteiger partial charge in [0, 0.05) is 13.1 Å². The Morgan fingerprint density at radius 3 is 2.50 bits per heavy atom. The van der Waals surface area contributed by atoms with Crippen molar-refractivity contribution in [3.63, 3.8) is 0 Å². The molecule has 4 heteroatoms. The molecule has 1 atom stereocenters. The molecule has 1 heterocycles. The van der Waals surface area contributed by atoms with Gasteiger partial charge in [-0.25, -0.2) is 0 Å². The molecule has 58 valence electrons. The van der Waals surface area contributed by atoms with Crippen LogP contribution in [-0.4, -0.2) is 46.3 Å². The summed E-state index contributed by atoms with van der Waals surface area (Å²) in [4.78, 5) is 12.0. The highest BCUT2D eigenvalue weighted by Gasteiger charge is 2.31. The second kappa shape index (κ2) is 2.56. The highest BCUT2D eigenvalue weighted by molar-refractivity contribution is 5.73. The Labute approximate surface area is 59.1 Å². The third-order valence-corrected chi connectivity index (χ3v) is 1.80. The Morgan fingerprint density at radius 1 is 1.70 bits per heavy atom. The number of aliphatic carboxylic acids is 1. The molecule has 0 aliphatic carbocycles. The van der Waals surface area contributed by atoms with Gasteiger partial charge in [0.1, 0.15) is 6.04 Å². The van der Waals surface area contributed by atoms with E-state index in [1.807, 2.05) is 0 Å². The van der Waals surface area contributed by atoms with Crippen molar-refractivity contribution in [3.05, 3.63) is 0 Å². The zero-order chi connectivity index (χ0) is 7.72. The molecule has 1 saturated heterocycles. The van der Waals surface area contributed by atoms with Crippen LogP contribution in [0.15, 0.2) is 0 Å². The molecular weight excluding hydrogens is 134 g/mol. The van der Waals surface area contributed by atoms with Crippen LogP contribution in [0.4, 0.5) is 0 Å². The van der Waals surface area contributed by atoms with Crippen LogP contribution < -0.4 is 0 Å². The van der Waals surface area contributed by atoms with E-state index in [0.29, 0.717) is 13.1 Å². The molecule has 0 spiro atoms. The minimum atomic E-state index is -0.827. The monoisotopic (exact) mass is 145 g/mol. The normalized spacial score (nSPS) is 23.8. The summed E-state index contributed by atoms with van der Waals surface area (Å²) in [5, 5.41) is 17.3. The number of nitrogens with zero attached hydrogens (tertiary/aromatic N) is 1. The number of aliphatic hydroxyl groups is 1. The predicted molar refractivity (Wildman–Crippen MR) is 34.7 cm³/mol. The molecule has 1 aliphatic heterocycles. The van der Waals surface area contributed by atoms with Crippen LogP contribution in [0, 0.1) is 0 Å². The first kappa shape index (κ1) is 7.50. The van der Waals surface area contributed by atoms with Crippen molar-refractivity contribution >= 4 is 5.97 Å². The first-order chi connectivity index (χ1) is 4.61. The second-order valence-electron chi connectivity index (χ2n) is 2.62. The molecular formula is C6H11NO3. The van der Waals surface area contributed by atoms with E-state index < -0.39 is 12.0 Å². The number of likely N-dealkylation sites (tertiary alicyclic amines) is 1. The zero-order valence-corrected chi connectivity index (χ0v) is 5.82. The zero-order valence-electron chi connectivity index (χ0n) is 5.82. The first-order valence-electron chi connectivity index (χ1n) is 3.26. The van der Waals surface area contributed by atoms with Gasteiger partial charge in [0.25, 0.3) is 0 Å². The average molecular weight is 145 g/mol. The predicted octanol–water partition coefficient (Wildman–Crippen LogP) is -0.864. The van der Waals surface area contributed by atoms with Gasteiger partial charge in [-0.3, -0.25) is 9.69 Å². The van der Waals surface area contributed by atoms with Crippen LogP contribution in [0.1, 0.15) is 6.92 Å². The van der Waals surface area contributed by atoms with Gasteiger partial charge in [0.15, 0.2) is 0 Å². The molecule has 2 N–H and O–H groups in total. The van der Waals surface area contributed by atoms with Crippen molar-refractivity contribution in [2.75, 3.05) is 13.1 Å². The van der Waals surface area contributed by atoms with Gasteiger partial charge in [-0.2, -0.15) is 0 Å². The lowest BCUT2D eigenvalue weighted by molar-refractivity contribution is -0.147. The quantitative estimate of drug-likeness (QED) is 0.530. The molecule has 0 aromatic heterocycles. The van der Waals surface area contributed by atoms with E-state index in [1.165, 1.54) is 0 Å². The van der Waals surface area contributed by atoms with Crippen LogP contribution in [0.3, 0.4) is 0 Å². The molecule has 0 radical (unpaired) electrons. The van der Waals surface area contributed by atoms with Crippen molar-refractivity contribution in [1.29, 1.82) is 0 Å². The fraction of sp³-hybridized carbons (Fsp3) is 0.833. The lowest BCUT2D eigenvalue weighted by Crippen LogP contribution is -2.56. The highest BCUT2D eigenvalue weighted by Crippen LogP contribution is 2.11. The Bertz CT molecular complexity index is 142. The van der Waals surface area contributed by atoms with Gasteiger partial charge >= 0.3 is 5.97 Å². The van der Waals surface area contributed by atoms with Crippen molar-refractivity contribution in [2.24, 2.45) is 0 Å². The number of hydrogen-bond acceptors (Lipinski definition) is 3. The number of carbonyl (C=O) groups is 1. The minimum absolute atomic E-state index is 0.318. The van der Waals surface area contributed by atoms with E-state index in [4.69, 9.17) is 10.2 Å². The summed E-state index contributed by atoms with van der Waals surface area (Å²) in [6, 6.07) is -0.455. The number of aliphatic hydroxyl groups excluding tert-OH is 1. The number of β-amino-alcohol motifs (C(OH)–C–C–N with tert-alkyl or cyclic N) is 1. The number of carboxylic acid groups (broad SMARTS) is 1. The summed E-state index contributed by atoms with van der Waals surface area (Å²) in [5.41, 5.74) is 0. The molecule has 1 fully saturated rings. The fourth-order valence-corrected chi connectivity index (χ4v) is 0.960. The van der Waals surface area contributed by atoms with Gasteiger partial charge in [-0.15, -0.1) is 0 Å². The van der Waals surface area contributed by atoms with Gasteiger partial charge in [0.05, 0.1) is 6.10 Å². The van der Waals surface area contributed by atoms with Gasteiger partial charge in [0.2, 0.25) is 0 Å². The Kier molecular flexibility index (Phi) is 1.92. The van der Waals surface area contributed by atoms with E-state index in [0.717, 1.165) is 0 Å². The maximum Gasteiger partial charge on any atom is 0.320 e. The van der Waals surface area contributed by atoms with Crippen LogP contribution >= 0.6 is 0 Å². The number of rotatable bonds is 2. The van der Waals surface area contributed by atoms with Crippen LogP contribution in [0.5, 0.6) is 0 Å². The molecule has 1 unspecified atom stereocenters. The molecule has 1 rings (SSSR count). The van der Waals surface area contributed by atoms with Gasteiger partial charge in [-0.05, 0) is 6.92 Å². The van der Waals surface area contributed by atoms with Gasteiger partial charge in [-0.1, -0.05) is 0 Å². The van der Waals surface area contributed by atoms with Crippen molar-refractivity contribution in [1.82, 2.24) is 4.90 Å². The molecule has 4 nitrogen and oxygen atoms in total. The van der Waals surface area contributed by atoms with Crippen molar-refractivity contribution < 1.29 is 15.0 Å². The molecule has 0 bridgehead atoms. The molecule has 0 saturated carbocycles. The summed E-state index contributed by atoms with van der Waals surface area (Å²) in [7, 11) is 0. The van der Waals surface area contributed by atoms with E-state index in [-0.39, 0.29) is 6.10 Å². The number of hydrogen-bond donors (Lipinski definition) is 2. The Hall–Kier alpha value is -0.610. The molecule has 10 heavy (non-hydrogen) atoms. The highest BCUT2D eigenvalue weighted by atomic mass is 16.4. The Balaban J connectivity index is 2.31. The lowest BCUT2D eigenvalue weighted by atomic mass is 10.1. The smallest absolute Gasteiger partial charge is 0.320 e. The standard InChI is InChI=1S/C6H11NO3/c1-4(6(9)10)7-2-5(8)3-7/h4-5,8H,2-3H2,1H3,(H,9,10). The summed E-state index contributed by atoms with van der Waals surface area (Å²) in [6.45, 7) is 2.61. The summed E-state index contributed by atoms with van der Waals surface area (Å²) in [5.74, 6) is -0.827. The summed E-state index contributed by atoms with van der Waals surface area (Å²) >= 11 is 0. The SMILES string of the molecule is CC(C(=O)O)N1CC(O)C1. The van der Waals surface area contributed by atoms with Crippen molar-refractivity contribution in [3.8, 4) is 0 Å². The van der Waals surface area contributed by atoms with Crippen LogP contribution in [0.2, 0.25) is 0 Å². The topological polar surface area (TPSA) is 60.8 Å². The van der Waals surface area contributed by atoms with Crippen LogP contribution in [0.25, 0.3) is 0 Å². The van der Waals surface area contributed by atoms with E-state index in [1.54, 1.807) is 11.8 Å². The third kappa shape index (κ3) is 1.27. The first-order valence-corrected chi connectivity index (χ1v) is 3.26. The van der Waals surface area contributed by atoms with E-state index in [2.05, 4.69) is 0 Å². The largest absolute Gasteiger partial charge is 0.480 e. The van der Waals surface area contributed by atoms with E-state index >= 15 is 0 Å². The minimum Gasteiger partial charge on any atom is -0.480 e. The fourth-order valence-electron chi connectivity index (χ4n) is 0.960. The van der Waals surface area contributed by atoms with Gasteiger partial charge < -0.3 is 10.2 Å². The molecule has 0 aromatic carbocycles. The molecule has 0 amide bonds. The third-order valence-electron chi connectivity index (χ3n) is 1.80. The van der Waals surface area contributed by atoms with Crippen molar-refractivity contribution in [2.45, 2.75) is 19.1 Å². The summed E-state index contributed by atoms with van der Waals surface area (Å²) in [6.07, 6.45) is -0.318. The summed E-state index contributed by atoms with van der Waals surface area (Å²) < 4.78 is 0. The Morgan fingerprint density at radius 2 is 2.20 bits per heavy atom.